The first-order chi connectivity index (χ1) is 13.4. The minimum atomic E-state index is -2.62. The average molecular weight is 388 g/mol. The van der Waals surface area contributed by atoms with Crippen LogP contribution in [0.25, 0.3) is 0 Å². The molecule has 3 atom stereocenters. The van der Waals surface area contributed by atoms with Gasteiger partial charge in [0, 0.05) is 19.5 Å². The third-order valence-corrected chi connectivity index (χ3v) is 6.38. The molecule has 1 unspecified atom stereocenters. The standard InChI is InChI=1S/C20H22F2N4O2/c1-12-5-7-13(8-6-12)9-25-19(28)26-16(3-2-4-17(26)23-25)18(27)24-10-14-15(11-24)20(14,21)22/h5-8,14-16H,2-4,9-11H2,1H3/t14-,15+,16?. The van der Waals surface area contributed by atoms with E-state index in [1.54, 1.807) is 0 Å². The molecule has 1 aromatic heterocycles. The van der Waals surface area contributed by atoms with Gasteiger partial charge in [0.2, 0.25) is 5.91 Å². The molecule has 1 aliphatic carbocycles. The van der Waals surface area contributed by atoms with Crippen molar-refractivity contribution < 1.29 is 13.6 Å². The highest BCUT2D eigenvalue weighted by Crippen LogP contribution is 2.59. The van der Waals surface area contributed by atoms with Gasteiger partial charge in [-0.25, -0.2) is 18.3 Å². The minimum Gasteiger partial charge on any atom is -0.340 e. The van der Waals surface area contributed by atoms with E-state index in [9.17, 15) is 18.4 Å². The molecule has 2 fully saturated rings. The Balaban J connectivity index is 1.39. The molecule has 0 bridgehead atoms. The second kappa shape index (κ2) is 5.99. The molecule has 1 saturated heterocycles. The molecule has 2 aromatic rings. The van der Waals surface area contributed by atoms with Crippen LogP contribution in [0.4, 0.5) is 8.78 Å². The molecule has 3 aliphatic rings. The molecule has 0 spiro atoms. The van der Waals surface area contributed by atoms with Crippen molar-refractivity contribution in [2.75, 3.05) is 13.1 Å². The van der Waals surface area contributed by atoms with Crippen molar-refractivity contribution in [1.29, 1.82) is 0 Å². The summed E-state index contributed by atoms with van der Waals surface area (Å²) >= 11 is 0. The lowest BCUT2D eigenvalue weighted by molar-refractivity contribution is -0.136. The normalized spacial score (nSPS) is 27.4. The SMILES string of the molecule is Cc1ccc(Cn2nc3n(c2=O)C(C(=O)N2C[C@@H]4[C@H](C2)C4(F)F)CCC3)cc1. The average Bonchev–Trinajstić information content (AvgIpc) is 3.04. The van der Waals surface area contributed by atoms with Crippen LogP contribution in [0, 0.1) is 18.8 Å². The number of likely N-dealkylation sites (tertiary alicyclic amines) is 1. The van der Waals surface area contributed by atoms with E-state index >= 15 is 0 Å². The van der Waals surface area contributed by atoms with Crippen LogP contribution in [0.1, 0.15) is 35.8 Å². The molecule has 0 N–H and O–H groups in total. The highest BCUT2D eigenvalue weighted by atomic mass is 19.3. The van der Waals surface area contributed by atoms with Crippen molar-refractivity contribution in [3.05, 3.63) is 51.7 Å². The van der Waals surface area contributed by atoms with E-state index in [0.717, 1.165) is 17.5 Å². The van der Waals surface area contributed by atoms with Crippen molar-refractivity contribution in [1.82, 2.24) is 19.2 Å². The molecular weight excluding hydrogens is 366 g/mol. The summed E-state index contributed by atoms with van der Waals surface area (Å²) in [5.74, 6) is -3.65. The number of rotatable bonds is 3. The molecule has 6 nitrogen and oxygen atoms in total. The quantitative estimate of drug-likeness (QED) is 0.808. The van der Waals surface area contributed by atoms with Crippen LogP contribution in [0.3, 0.4) is 0 Å². The van der Waals surface area contributed by atoms with Crippen molar-refractivity contribution in [3.8, 4) is 0 Å². The van der Waals surface area contributed by atoms with E-state index in [4.69, 9.17) is 0 Å². The summed E-state index contributed by atoms with van der Waals surface area (Å²) in [6.45, 7) is 2.53. The number of fused-ring (bicyclic) bond motifs is 2. The van der Waals surface area contributed by atoms with Crippen LogP contribution in [0.2, 0.25) is 0 Å². The lowest BCUT2D eigenvalue weighted by Gasteiger charge is -2.28. The van der Waals surface area contributed by atoms with Gasteiger partial charge >= 0.3 is 5.69 Å². The predicted octanol–water partition coefficient (Wildman–Crippen LogP) is 2.00. The van der Waals surface area contributed by atoms with E-state index in [0.29, 0.717) is 25.2 Å². The van der Waals surface area contributed by atoms with E-state index in [1.165, 1.54) is 14.1 Å². The molecule has 2 aliphatic heterocycles. The summed E-state index contributed by atoms with van der Waals surface area (Å²) in [6, 6.07) is 7.25. The number of carbonyl (C=O) groups is 1. The van der Waals surface area contributed by atoms with Crippen LogP contribution in [-0.4, -0.2) is 44.2 Å². The van der Waals surface area contributed by atoms with Gasteiger partial charge in [0.25, 0.3) is 5.92 Å². The van der Waals surface area contributed by atoms with E-state index in [1.807, 2.05) is 31.2 Å². The number of piperidine rings is 1. The van der Waals surface area contributed by atoms with E-state index in [2.05, 4.69) is 5.10 Å². The number of nitrogens with zero attached hydrogens (tertiary/aromatic N) is 4. The molecule has 1 aromatic carbocycles. The molecule has 0 radical (unpaired) electrons. The van der Waals surface area contributed by atoms with Crippen LogP contribution in [-0.2, 0) is 17.8 Å². The summed E-state index contributed by atoms with van der Waals surface area (Å²) in [5.41, 5.74) is 1.80. The minimum absolute atomic E-state index is 0.0919. The number of hydrogen-bond donors (Lipinski definition) is 0. The van der Waals surface area contributed by atoms with Gasteiger partial charge in [0.05, 0.1) is 18.4 Å². The predicted molar refractivity (Wildman–Crippen MR) is 97.3 cm³/mol. The Kier molecular flexibility index (Phi) is 3.76. The monoisotopic (exact) mass is 388 g/mol. The fraction of sp³-hybridized carbons (Fsp3) is 0.550. The largest absolute Gasteiger partial charge is 0.346 e. The molecule has 3 heterocycles. The van der Waals surface area contributed by atoms with Gasteiger partial charge in [-0.1, -0.05) is 29.8 Å². The summed E-state index contributed by atoms with van der Waals surface area (Å²) in [5, 5.41) is 4.45. The summed E-state index contributed by atoms with van der Waals surface area (Å²) in [7, 11) is 0. The summed E-state index contributed by atoms with van der Waals surface area (Å²) in [4.78, 5) is 27.5. The van der Waals surface area contributed by atoms with Gasteiger partial charge in [-0.3, -0.25) is 9.36 Å². The van der Waals surface area contributed by atoms with Gasteiger partial charge < -0.3 is 4.90 Å². The zero-order chi connectivity index (χ0) is 19.6. The molecule has 8 heteroatoms. The number of aromatic nitrogens is 3. The van der Waals surface area contributed by atoms with Crippen molar-refractivity contribution >= 4 is 5.91 Å². The third-order valence-electron chi connectivity index (χ3n) is 6.38. The summed E-state index contributed by atoms with van der Waals surface area (Å²) < 4.78 is 29.8. The molecule has 148 valence electrons. The van der Waals surface area contributed by atoms with Crippen LogP contribution >= 0.6 is 0 Å². The van der Waals surface area contributed by atoms with Gasteiger partial charge in [0.15, 0.2) is 0 Å². The van der Waals surface area contributed by atoms with Crippen molar-refractivity contribution in [3.63, 3.8) is 0 Å². The molecule has 28 heavy (non-hydrogen) atoms. The third kappa shape index (κ3) is 2.61. The number of halogens is 2. The second-order valence-corrected chi connectivity index (χ2v) is 8.25. The first kappa shape index (κ1) is 17.6. The van der Waals surface area contributed by atoms with Crippen LogP contribution < -0.4 is 5.69 Å². The Bertz CT molecular complexity index is 981. The Morgan fingerprint density at radius 3 is 2.57 bits per heavy atom. The fourth-order valence-electron chi connectivity index (χ4n) is 4.63. The number of alkyl halides is 2. The smallest absolute Gasteiger partial charge is 0.340 e. The second-order valence-electron chi connectivity index (χ2n) is 8.25. The first-order valence-electron chi connectivity index (χ1n) is 9.76. The number of carbonyl (C=O) groups excluding carboxylic acids is 1. The topological polar surface area (TPSA) is 60.1 Å². The van der Waals surface area contributed by atoms with Crippen LogP contribution in [0.15, 0.2) is 29.1 Å². The highest BCUT2D eigenvalue weighted by Gasteiger charge is 2.72. The molecular formula is C20H22F2N4O2. The Morgan fingerprint density at radius 1 is 1.21 bits per heavy atom. The number of aryl methyl sites for hydroxylation is 2. The first-order valence-corrected chi connectivity index (χ1v) is 9.76. The maximum Gasteiger partial charge on any atom is 0.346 e. The zero-order valence-electron chi connectivity index (χ0n) is 15.6. The number of hydrogen-bond acceptors (Lipinski definition) is 3. The Hall–Kier alpha value is -2.51. The van der Waals surface area contributed by atoms with E-state index < -0.39 is 23.8 Å². The summed E-state index contributed by atoms with van der Waals surface area (Å²) in [6.07, 6.45) is 1.95. The Morgan fingerprint density at radius 2 is 1.89 bits per heavy atom. The van der Waals surface area contributed by atoms with Gasteiger partial charge in [0.1, 0.15) is 11.9 Å². The number of amides is 1. The highest BCUT2D eigenvalue weighted by molar-refractivity contribution is 5.81. The molecule has 5 rings (SSSR count). The Labute approximate surface area is 160 Å². The van der Waals surface area contributed by atoms with Crippen molar-refractivity contribution in [2.45, 2.75) is 44.7 Å². The maximum absolute atomic E-state index is 13.5. The van der Waals surface area contributed by atoms with Crippen LogP contribution in [0.5, 0.6) is 0 Å². The van der Waals surface area contributed by atoms with E-state index in [-0.39, 0.29) is 24.7 Å². The molecule has 1 amide bonds. The van der Waals surface area contributed by atoms with Gasteiger partial charge in [-0.05, 0) is 25.3 Å². The van der Waals surface area contributed by atoms with Gasteiger partial charge in [-0.2, -0.15) is 5.10 Å². The maximum atomic E-state index is 13.5. The lowest BCUT2D eigenvalue weighted by atomic mass is 10.0. The zero-order valence-corrected chi connectivity index (χ0v) is 15.6. The van der Waals surface area contributed by atoms with Gasteiger partial charge in [-0.15, -0.1) is 0 Å². The fourth-order valence-corrected chi connectivity index (χ4v) is 4.63. The number of benzene rings is 1. The molecule has 1 saturated carbocycles. The van der Waals surface area contributed by atoms with Crippen molar-refractivity contribution in [2.24, 2.45) is 11.8 Å². The lowest BCUT2D eigenvalue weighted by Crippen LogP contribution is -2.43.